The third-order valence-corrected chi connectivity index (χ3v) is 6.12. The van der Waals surface area contributed by atoms with Crippen molar-refractivity contribution in [2.75, 3.05) is 25.5 Å². The smallest absolute Gasteiger partial charge is 0.309 e. The lowest BCUT2D eigenvalue weighted by Crippen LogP contribution is -2.20. The minimum absolute atomic E-state index is 0.267. The number of hydrogen-bond donors (Lipinski definition) is 0. The van der Waals surface area contributed by atoms with Crippen molar-refractivity contribution in [2.24, 2.45) is 17.8 Å². The number of carbonyl (C=O) groups excluding carboxylic acids is 1. The molecule has 5 heteroatoms. The Labute approximate surface area is 130 Å². The zero-order valence-electron chi connectivity index (χ0n) is 14.6. The average Bonchev–Trinajstić information content (AvgIpc) is 2.37. The van der Waals surface area contributed by atoms with E-state index in [0.29, 0.717) is 31.2 Å². The fourth-order valence-corrected chi connectivity index (χ4v) is 3.73. The summed E-state index contributed by atoms with van der Waals surface area (Å²) in [6.07, 6.45) is 2.49. The van der Waals surface area contributed by atoms with Crippen LogP contribution in [0.15, 0.2) is 0 Å². The summed E-state index contributed by atoms with van der Waals surface area (Å²) in [6, 6.07) is 0. The molecule has 0 aromatic heterocycles. The predicted molar refractivity (Wildman–Crippen MR) is 88.0 cm³/mol. The Balaban J connectivity index is 4.25. The first-order valence-corrected chi connectivity index (χ1v) is 10.1. The topological polar surface area (TPSA) is 52.6 Å². The molecule has 0 fully saturated rings. The van der Waals surface area contributed by atoms with Crippen LogP contribution in [0.3, 0.4) is 0 Å². The van der Waals surface area contributed by atoms with Crippen molar-refractivity contribution >= 4 is 13.3 Å². The van der Waals surface area contributed by atoms with Gasteiger partial charge >= 0.3 is 5.97 Å². The predicted octanol–water partition coefficient (Wildman–Crippen LogP) is 4.57. The quantitative estimate of drug-likeness (QED) is 0.413. The molecule has 0 aromatic carbocycles. The Morgan fingerprint density at radius 2 is 1.52 bits per heavy atom. The highest BCUT2D eigenvalue weighted by Gasteiger charge is 2.28. The summed E-state index contributed by atoms with van der Waals surface area (Å²) in [5.41, 5.74) is 0. The molecule has 2 unspecified atom stereocenters. The molecule has 21 heavy (non-hydrogen) atoms. The van der Waals surface area contributed by atoms with E-state index in [0.717, 1.165) is 12.8 Å². The zero-order valence-corrected chi connectivity index (χ0v) is 15.4. The first kappa shape index (κ1) is 20.7. The van der Waals surface area contributed by atoms with Crippen LogP contribution in [0.5, 0.6) is 0 Å². The molecular formula is C16H33O4P. The highest BCUT2D eigenvalue weighted by molar-refractivity contribution is 7.59. The molecule has 0 heterocycles. The number of hydrogen-bond acceptors (Lipinski definition) is 4. The molecule has 0 saturated heterocycles. The van der Waals surface area contributed by atoms with Gasteiger partial charge in [-0.1, -0.05) is 41.5 Å². The molecule has 0 aliphatic rings. The minimum atomic E-state index is -2.72. The normalized spacial score (nSPS) is 16.0. The maximum absolute atomic E-state index is 12.6. The molecular weight excluding hydrogens is 287 g/mol. The van der Waals surface area contributed by atoms with Crippen LogP contribution in [-0.2, 0) is 18.6 Å². The van der Waals surface area contributed by atoms with Crippen molar-refractivity contribution in [2.45, 2.75) is 54.4 Å². The van der Waals surface area contributed by atoms with E-state index in [2.05, 4.69) is 27.7 Å². The van der Waals surface area contributed by atoms with E-state index in [1.807, 2.05) is 6.92 Å². The summed E-state index contributed by atoms with van der Waals surface area (Å²) < 4.78 is 23.5. The molecule has 0 rings (SSSR count). The second-order valence-electron chi connectivity index (χ2n) is 6.58. The second-order valence-corrected chi connectivity index (χ2v) is 9.47. The van der Waals surface area contributed by atoms with Gasteiger partial charge in [0.2, 0.25) is 7.37 Å². The van der Waals surface area contributed by atoms with Crippen molar-refractivity contribution in [1.29, 1.82) is 0 Å². The van der Waals surface area contributed by atoms with Crippen molar-refractivity contribution in [3.63, 3.8) is 0 Å². The van der Waals surface area contributed by atoms with Gasteiger partial charge in [0, 0.05) is 12.3 Å². The Morgan fingerprint density at radius 3 is 2.00 bits per heavy atom. The van der Waals surface area contributed by atoms with Crippen LogP contribution in [0.25, 0.3) is 0 Å². The van der Waals surface area contributed by atoms with Crippen LogP contribution in [0.2, 0.25) is 0 Å². The maximum atomic E-state index is 12.6. The van der Waals surface area contributed by atoms with Gasteiger partial charge < -0.3 is 9.26 Å². The molecule has 0 radical (unpaired) electrons. The summed E-state index contributed by atoms with van der Waals surface area (Å²) in [7, 11) is -2.72. The molecule has 0 saturated carbocycles. The molecule has 0 aliphatic heterocycles. The van der Waals surface area contributed by atoms with E-state index in [-0.39, 0.29) is 18.0 Å². The van der Waals surface area contributed by atoms with Gasteiger partial charge in [-0.15, -0.1) is 0 Å². The minimum Gasteiger partial charge on any atom is -0.465 e. The largest absolute Gasteiger partial charge is 0.465 e. The van der Waals surface area contributed by atoms with Gasteiger partial charge in [0.15, 0.2) is 0 Å². The summed E-state index contributed by atoms with van der Waals surface area (Å²) >= 11 is 0. The molecule has 0 N–H and O–H groups in total. The van der Waals surface area contributed by atoms with Gasteiger partial charge in [0.1, 0.15) is 0 Å². The summed E-state index contributed by atoms with van der Waals surface area (Å²) in [5.74, 6) is 0.390. The van der Waals surface area contributed by atoms with Crippen molar-refractivity contribution in [3.8, 4) is 0 Å². The fourth-order valence-electron chi connectivity index (χ4n) is 1.76. The third kappa shape index (κ3) is 10.1. The van der Waals surface area contributed by atoms with Gasteiger partial charge in [0.25, 0.3) is 0 Å². The summed E-state index contributed by atoms with van der Waals surface area (Å²) in [5, 5.41) is 0. The van der Waals surface area contributed by atoms with Crippen molar-refractivity contribution in [3.05, 3.63) is 0 Å². The Hall–Kier alpha value is -0.340. The van der Waals surface area contributed by atoms with E-state index in [9.17, 15) is 9.36 Å². The highest BCUT2D eigenvalue weighted by Crippen LogP contribution is 2.48. The van der Waals surface area contributed by atoms with Gasteiger partial charge in [-0.3, -0.25) is 9.36 Å². The van der Waals surface area contributed by atoms with Gasteiger partial charge in [-0.2, -0.15) is 0 Å². The summed E-state index contributed by atoms with van der Waals surface area (Å²) in [6.45, 7) is 12.9. The van der Waals surface area contributed by atoms with E-state index in [1.54, 1.807) is 6.92 Å². The fraction of sp³-hybridized carbons (Fsp3) is 0.938. The SMILES string of the molecule is CCP(=O)(CC(C)C(=O)OCCC(C)C)OCCC(C)C. The third-order valence-electron chi connectivity index (χ3n) is 3.40. The van der Waals surface area contributed by atoms with Crippen molar-refractivity contribution < 1.29 is 18.6 Å². The lowest BCUT2D eigenvalue weighted by Gasteiger charge is -2.21. The molecule has 0 spiro atoms. The summed E-state index contributed by atoms with van der Waals surface area (Å²) in [4.78, 5) is 11.9. The van der Waals surface area contributed by atoms with Crippen LogP contribution in [0.4, 0.5) is 0 Å². The second kappa shape index (κ2) is 10.4. The first-order valence-electron chi connectivity index (χ1n) is 8.09. The lowest BCUT2D eigenvalue weighted by molar-refractivity contribution is -0.147. The Bertz CT molecular complexity index is 339. The van der Waals surface area contributed by atoms with E-state index in [4.69, 9.17) is 9.26 Å². The number of esters is 1. The van der Waals surface area contributed by atoms with Crippen molar-refractivity contribution in [1.82, 2.24) is 0 Å². The van der Waals surface area contributed by atoms with E-state index in [1.165, 1.54) is 0 Å². The molecule has 4 nitrogen and oxygen atoms in total. The molecule has 126 valence electrons. The van der Waals surface area contributed by atoms with Gasteiger partial charge in [-0.05, 0) is 24.7 Å². The van der Waals surface area contributed by atoms with Crippen LogP contribution >= 0.6 is 7.37 Å². The van der Waals surface area contributed by atoms with Crippen LogP contribution < -0.4 is 0 Å². The molecule has 0 amide bonds. The maximum Gasteiger partial charge on any atom is 0.309 e. The molecule has 0 aliphatic carbocycles. The monoisotopic (exact) mass is 320 g/mol. The Kier molecular flexibility index (Phi) is 10.2. The standard InChI is InChI=1S/C16H33O4P/c1-7-21(18,20-11-9-14(4)5)12-15(6)16(17)19-10-8-13(2)3/h13-15H,7-12H2,1-6H3. The van der Waals surface area contributed by atoms with Crippen LogP contribution in [0.1, 0.15) is 54.4 Å². The Morgan fingerprint density at radius 1 is 1.00 bits per heavy atom. The van der Waals surface area contributed by atoms with Gasteiger partial charge in [0.05, 0.1) is 19.1 Å². The number of rotatable bonds is 11. The van der Waals surface area contributed by atoms with Gasteiger partial charge in [-0.25, -0.2) is 0 Å². The van der Waals surface area contributed by atoms with Crippen LogP contribution in [-0.4, -0.2) is 31.5 Å². The average molecular weight is 320 g/mol. The number of carbonyl (C=O) groups is 1. The highest BCUT2D eigenvalue weighted by atomic mass is 31.2. The zero-order chi connectivity index (χ0) is 16.5. The molecule has 2 atom stereocenters. The first-order chi connectivity index (χ1) is 9.70. The van der Waals surface area contributed by atoms with Crippen LogP contribution in [0, 0.1) is 17.8 Å². The number of ether oxygens (including phenoxy) is 1. The van der Waals surface area contributed by atoms with E-state index >= 15 is 0 Å². The molecule has 0 bridgehead atoms. The molecule has 0 aromatic rings. The lowest BCUT2D eigenvalue weighted by atomic mass is 10.1. The van der Waals surface area contributed by atoms with E-state index < -0.39 is 7.37 Å².